The molecule has 0 saturated heterocycles. The van der Waals surface area contributed by atoms with Gasteiger partial charge in [-0.3, -0.25) is 0 Å². The van der Waals surface area contributed by atoms with E-state index in [1.807, 2.05) is 0 Å². The van der Waals surface area contributed by atoms with Crippen LogP contribution in [0.15, 0.2) is 36.4 Å². The Balaban J connectivity index is 2.20. The summed E-state index contributed by atoms with van der Waals surface area (Å²) in [5.41, 5.74) is 7.20. The fourth-order valence-electron chi connectivity index (χ4n) is 1.82. The Kier molecular flexibility index (Phi) is 3.89. The highest BCUT2D eigenvalue weighted by Gasteiger charge is 2.12. The van der Waals surface area contributed by atoms with Crippen molar-refractivity contribution in [1.29, 1.82) is 0 Å². The summed E-state index contributed by atoms with van der Waals surface area (Å²) in [7, 11) is 0. The van der Waals surface area contributed by atoms with Crippen molar-refractivity contribution < 1.29 is 19.0 Å². The van der Waals surface area contributed by atoms with Crippen LogP contribution in [0.5, 0.6) is 5.75 Å². The summed E-state index contributed by atoms with van der Waals surface area (Å²) in [6.45, 7) is 1.86. The molecule has 2 rings (SSSR count). The highest BCUT2D eigenvalue weighted by atomic mass is 19.1. The zero-order chi connectivity index (χ0) is 14.7. The quantitative estimate of drug-likeness (QED) is 0.841. The summed E-state index contributed by atoms with van der Waals surface area (Å²) >= 11 is 0. The number of nitrogens with two attached hydrogens (primary N) is 1. The smallest absolute Gasteiger partial charge is 0.337 e. The van der Waals surface area contributed by atoms with E-state index >= 15 is 0 Å². The lowest BCUT2D eigenvalue weighted by atomic mass is 10.1. The van der Waals surface area contributed by atoms with Crippen LogP contribution in [-0.4, -0.2) is 11.1 Å². The largest absolute Gasteiger partial charge is 0.489 e. The molecule has 0 radical (unpaired) electrons. The van der Waals surface area contributed by atoms with Crippen molar-refractivity contribution in [3.05, 3.63) is 58.9 Å². The van der Waals surface area contributed by atoms with Gasteiger partial charge in [0.05, 0.1) is 5.56 Å². The van der Waals surface area contributed by atoms with Gasteiger partial charge < -0.3 is 15.6 Å². The van der Waals surface area contributed by atoms with Crippen molar-refractivity contribution in [2.24, 2.45) is 0 Å². The molecule has 0 aliphatic rings. The zero-order valence-corrected chi connectivity index (χ0v) is 10.9. The summed E-state index contributed by atoms with van der Waals surface area (Å²) < 4.78 is 18.5. The van der Waals surface area contributed by atoms with Crippen molar-refractivity contribution in [2.75, 3.05) is 5.73 Å². The molecule has 5 heteroatoms. The van der Waals surface area contributed by atoms with Crippen LogP contribution in [0.2, 0.25) is 0 Å². The van der Waals surface area contributed by atoms with Crippen LogP contribution >= 0.6 is 0 Å². The molecule has 0 bridgehead atoms. The monoisotopic (exact) mass is 275 g/mol. The highest BCUT2D eigenvalue weighted by molar-refractivity contribution is 5.95. The van der Waals surface area contributed by atoms with Gasteiger partial charge >= 0.3 is 5.97 Å². The molecule has 0 amide bonds. The van der Waals surface area contributed by atoms with Crippen LogP contribution in [0, 0.1) is 12.7 Å². The van der Waals surface area contributed by atoms with E-state index < -0.39 is 5.97 Å². The molecule has 4 nitrogen and oxygen atoms in total. The molecule has 2 aromatic rings. The Morgan fingerprint density at radius 3 is 2.75 bits per heavy atom. The minimum Gasteiger partial charge on any atom is -0.489 e. The lowest BCUT2D eigenvalue weighted by Crippen LogP contribution is -2.05. The first kappa shape index (κ1) is 13.9. The van der Waals surface area contributed by atoms with E-state index in [0.717, 1.165) is 0 Å². The number of hydrogen-bond acceptors (Lipinski definition) is 3. The molecule has 0 saturated carbocycles. The third-order valence-corrected chi connectivity index (χ3v) is 2.89. The van der Waals surface area contributed by atoms with E-state index in [1.165, 1.54) is 18.2 Å². The highest BCUT2D eigenvalue weighted by Crippen LogP contribution is 2.25. The lowest BCUT2D eigenvalue weighted by Gasteiger charge is -2.11. The number of carbonyl (C=O) groups is 1. The molecule has 0 unspecified atom stereocenters. The topological polar surface area (TPSA) is 72.5 Å². The first-order valence-electron chi connectivity index (χ1n) is 5.98. The molecule has 0 heterocycles. The number of hydrogen-bond donors (Lipinski definition) is 2. The molecular formula is C15H14FNO3. The van der Waals surface area contributed by atoms with E-state index in [0.29, 0.717) is 16.9 Å². The Hall–Kier alpha value is -2.56. The lowest BCUT2D eigenvalue weighted by molar-refractivity contribution is 0.0697. The predicted molar refractivity (Wildman–Crippen MR) is 73.3 cm³/mol. The number of benzene rings is 2. The number of rotatable bonds is 4. The number of anilines is 1. The second kappa shape index (κ2) is 5.61. The van der Waals surface area contributed by atoms with Crippen LogP contribution in [0.1, 0.15) is 21.5 Å². The molecule has 0 atom stereocenters. The van der Waals surface area contributed by atoms with Crippen LogP contribution in [0.4, 0.5) is 10.1 Å². The van der Waals surface area contributed by atoms with Crippen LogP contribution in [0.25, 0.3) is 0 Å². The fourth-order valence-corrected chi connectivity index (χ4v) is 1.82. The molecule has 3 N–H and O–H groups in total. The maximum Gasteiger partial charge on any atom is 0.337 e. The van der Waals surface area contributed by atoms with E-state index in [-0.39, 0.29) is 23.7 Å². The van der Waals surface area contributed by atoms with Gasteiger partial charge in [0, 0.05) is 5.69 Å². The summed E-state index contributed by atoms with van der Waals surface area (Å²) in [5, 5.41) is 9.05. The SMILES string of the molecule is Cc1cc(OCc2cccc(F)c2)cc(C(=O)O)c1N. The molecule has 0 aliphatic heterocycles. The molecule has 104 valence electrons. The Morgan fingerprint density at radius 2 is 2.10 bits per heavy atom. The minimum absolute atomic E-state index is 0.000702. The molecule has 0 spiro atoms. The predicted octanol–water partition coefficient (Wildman–Crippen LogP) is 2.99. The van der Waals surface area contributed by atoms with Gasteiger partial charge in [0.25, 0.3) is 0 Å². The summed E-state index contributed by atoms with van der Waals surface area (Å²) in [5.74, 6) is -1.06. The van der Waals surface area contributed by atoms with Gasteiger partial charge in [0.2, 0.25) is 0 Å². The van der Waals surface area contributed by atoms with Crippen LogP contribution in [0.3, 0.4) is 0 Å². The van der Waals surface area contributed by atoms with Crippen molar-refractivity contribution in [1.82, 2.24) is 0 Å². The molecule has 0 aromatic heterocycles. The molecule has 0 aliphatic carbocycles. The normalized spacial score (nSPS) is 10.3. The van der Waals surface area contributed by atoms with Gasteiger partial charge in [-0.15, -0.1) is 0 Å². The Morgan fingerprint density at radius 1 is 1.35 bits per heavy atom. The third kappa shape index (κ3) is 3.06. The van der Waals surface area contributed by atoms with Crippen molar-refractivity contribution >= 4 is 11.7 Å². The number of halogens is 1. The summed E-state index contributed by atoms with van der Waals surface area (Å²) in [4.78, 5) is 11.1. The number of aryl methyl sites for hydroxylation is 1. The second-order valence-electron chi connectivity index (χ2n) is 4.43. The minimum atomic E-state index is -1.11. The number of carboxylic acids is 1. The number of aromatic carboxylic acids is 1. The Bertz CT molecular complexity index is 656. The first-order valence-corrected chi connectivity index (χ1v) is 5.98. The summed E-state index contributed by atoms with van der Waals surface area (Å²) in [6.07, 6.45) is 0. The first-order chi connectivity index (χ1) is 9.47. The zero-order valence-electron chi connectivity index (χ0n) is 10.9. The molecular weight excluding hydrogens is 261 g/mol. The maximum absolute atomic E-state index is 13.0. The van der Waals surface area contributed by atoms with Gasteiger partial charge in [-0.05, 0) is 42.3 Å². The van der Waals surface area contributed by atoms with Crippen molar-refractivity contribution in [2.45, 2.75) is 13.5 Å². The van der Waals surface area contributed by atoms with Crippen molar-refractivity contribution in [3.8, 4) is 5.75 Å². The van der Waals surface area contributed by atoms with Gasteiger partial charge in [0.15, 0.2) is 0 Å². The number of carboxylic acid groups (broad SMARTS) is 1. The van der Waals surface area contributed by atoms with Crippen LogP contribution < -0.4 is 10.5 Å². The van der Waals surface area contributed by atoms with E-state index in [1.54, 1.807) is 25.1 Å². The van der Waals surface area contributed by atoms with Gasteiger partial charge in [0.1, 0.15) is 18.2 Å². The maximum atomic E-state index is 13.0. The van der Waals surface area contributed by atoms with Gasteiger partial charge in [-0.2, -0.15) is 0 Å². The average Bonchev–Trinajstić information content (AvgIpc) is 2.39. The van der Waals surface area contributed by atoms with Crippen molar-refractivity contribution in [3.63, 3.8) is 0 Å². The fraction of sp³-hybridized carbons (Fsp3) is 0.133. The van der Waals surface area contributed by atoms with Gasteiger partial charge in [-0.25, -0.2) is 9.18 Å². The standard InChI is InChI=1S/C15H14FNO3/c1-9-5-12(7-13(14(9)17)15(18)19)20-8-10-3-2-4-11(16)6-10/h2-7H,8,17H2,1H3,(H,18,19). The molecule has 2 aromatic carbocycles. The number of nitrogen functional groups attached to an aromatic ring is 1. The number of ether oxygens (including phenoxy) is 1. The summed E-state index contributed by atoms with van der Waals surface area (Å²) in [6, 6.07) is 9.04. The van der Waals surface area contributed by atoms with Crippen LogP contribution in [-0.2, 0) is 6.61 Å². The van der Waals surface area contributed by atoms with Gasteiger partial charge in [-0.1, -0.05) is 12.1 Å². The third-order valence-electron chi connectivity index (χ3n) is 2.89. The molecule has 0 fully saturated rings. The Labute approximate surface area is 115 Å². The molecule has 20 heavy (non-hydrogen) atoms. The second-order valence-corrected chi connectivity index (χ2v) is 4.43. The average molecular weight is 275 g/mol. The van der Waals surface area contributed by atoms with E-state index in [4.69, 9.17) is 15.6 Å². The van der Waals surface area contributed by atoms with E-state index in [2.05, 4.69) is 0 Å². The van der Waals surface area contributed by atoms with E-state index in [9.17, 15) is 9.18 Å².